The molecule has 0 bridgehead atoms. The van der Waals surface area contributed by atoms with E-state index in [2.05, 4.69) is 15.9 Å². The third kappa shape index (κ3) is 1.33. The van der Waals surface area contributed by atoms with Crippen molar-refractivity contribution in [2.24, 2.45) is 5.73 Å². The predicted molar refractivity (Wildman–Crippen MR) is 55.7 cm³/mol. The average molecular weight is 260 g/mol. The van der Waals surface area contributed by atoms with Crippen LogP contribution >= 0.6 is 15.9 Å². The number of rotatable bonds is 2. The molecule has 1 aromatic carbocycles. The number of hydrogen-bond donors (Lipinski definition) is 2. The van der Waals surface area contributed by atoms with Crippen molar-refractivity contribution in [1.82, 2.24) is 0 Å². The van der Waals surface area contributed by atoms with Crippen molar-refractivity contribution >= 4 is 15.9 Å². The predicted octanol–water partition coefficient (Wildman–Crippen LogP) is 2.28. The lowest BCUT2D eigenvalue weighted by Gasteiger charge is -2.16. The van der Waals surface area contributed by atoms with Gasteiger partial charge in [-0.1, -0.05) is 0 Å². The second-order valence-corrected chi connectivity index (χ2v) is 4.59. The molecule has 1 aromatic rings. The fraction of sp³-hybridized carbons (Fsp3) is 0.400. The second-order valence-electron chi connectivity index (χ2n) is 3.74. The first-order valence-corrected chi connectivity index (χ1v) is 5.27. The number of phenols is 1. The van der Waals surface area contributed by atoms with Gasteiger partial charge in [0.2, 0.25) is 0 Å². The van der Waals surface area contributed by atoms with Crippen molar-refractivity contribution < 1.29 is 9.50 Å². The topological polar surface area (TPSA) is 46.2 Å². The molecule has 1 aliphatic rings. The first-order chi connectivity index (χ1) is 6.60. The van der Waals surface area contributed by atoms with E-state index in [1.54, 1.807) is 0 Å². The van der Waals surface area contributed by atoms with Crippen molar-refractivity contribution in [3.63, 3.8) is 0 Å². The molecule has 1 saturated carbocycles. The zero-order valence-corrected chi connectivity index (χ0v) is 9.14. The summed E-state index contributed by atoms with van der Waals surface area (Å²) >= 11 is 3.10. The van der Waals surface area contributed by atoms with Crippen LogP contribution in [0.5, 0.6) is 5.75 Å². The molecule has 14 heavy (non-hydrogen) atoms. The summed E-state index contributed by atoms with van der Waals surface area (Å²) in [5, 5.41) is 9.61. The van der Waals surface area contributed by atoms with Gasteiger partial charge >= 0.3 is 0 Å². The molecule has 0 aromatic heterocycles. The summed E-state index contributed by atoms with van der Waals surface area (Å²) in [4.78, 5) is 0. The molecule has 0 aliphatic heterocycles. The van der Waals surface area contributed by atoms with Crippen molar-refractivity contribution in [1.29, 1.82) is 0 Å². The van der Waals surface area contributed by atoms with Crippen molar-refractivity contribution in [2.45, 2.75) is 18.3 Å². The number of hydrogen-bond acceptors (Lipinski definition) is 2. The first-order valence-electron chi connectivity index (χ1n) is 4.48. The van der Waals surface area contributed by atoms with Crippen LogP contribution < -0.4 is 5.73 Å². The Morgan fingerprint density at radius 3 is 2.64 bits per heavy atom. The number of benzene rings is 1. The lowest BCUT2D eigenvalue weighted by molar-refractivity contribution is 0.444. The van der Waals surface area contributed by atoms with E-state index >= 15 is 0 Å². The zero-order chi connectivity index (χ0) is 10.3. The molecule has 0 heterocycles. The van der Waals surface area contributed by atoms with Gasteiger partial charge in [-0.15, -0.1) is 0 Å². The molecule has 0 amide bonds. The summed E-state index contributed by atoms with van der Waals surface area (Å²) in [7, 11) is 0. The fourth-order valence-electron chi connectivity index (χ4n) is 1.75. The molecule has 2 rings (SSSR count). The lowest BCUT2D eigenvalue weighted by Crippen LogP contribution is -2.21. The average Bonchev–Trinajstić information content (AvgIpc) is 2.93. The van der Waals surface area contributed by atoms with Crippen molar-refractivity contribution in [2.75, 3.05) is 6.54 Å². The van der Waals surface area contributed by atoms with E-state index in [4.69, 9.17) is 5.73 Å². The van der Waals surface area contributed by atoms with Gasteiger partial charge in [0.25, 0.3) is 0 Å². The van der Waals surface area contributed by atoms with Gasteiger partial charge in [-0.3, -0.25) is 0 Å². The molecule has 0 atom stereocenters. The van der Waals surface area contributed by atoms with Gasteiger partial charge in [0.05, 0.1) is 4.47 Å². The molecule has 2 nitrogen and oxygen atoms in total. The van der Waals surface area contributed by atoms with E-state index in [0.29, 0.717) is 16.6 Å². The van der Waals surface area contributed by atoms with Gasteiger partial charge in [0, 0.05) is 17.5 Å². The lowest BCUT2D eigenvalue weighted by atomic mass is 9.94. The van der Waals surface area contributed by atoms with Gasteiger partial charge in [-0.25, -0.2) is 4.39 Å². The van der Waals surface area contributed by atoms with Crippen LogP contribution in [0.1, 0.15) is 18.4 Å². The molecule has 0 unspecified atom stereocenters. The maximum atomic E-state index is 13.7. The number of aromatic hydroxyl groups is 1. The third-order valence-corrected chi connectivity index (χ3v) is 3.46. The van der Waals surface area contributed by atoms with Crippen LogP contribution in [0.15, 0.2) is 16.6 Å². The van der Waals surface area contributed by atoms with Gasteiger partial charge in [0.15, 0.2) is 0 Å². The van der Waals surface area contributed by atoms with Gasteiger partial charge in [0.1, 0.15) is 11.6 Å². The van der Waals surface area contributed by atoms with Crippen LogP contribution in [-0.4, -0.2) is 11.7 Å². The normalized spacial score (nSPS) is 18.2. The molecule has 76 valence electrons. The Bertz CT molecular complexity index is 377. The molecule has 1 fully saturated rings. The Balaban J connectivity index is 2.57. The second kappa shape index (κ2) is 3.21. The Morgan fingerprint density at radius 1 is 1.50 bits per heavy atom. The monoisotopic (exact) mass is 259 g/mol. The molecule has 0 radical (unpaired) electrons. The largest absolute Gasteiger partial charge is 0.508 e. The van der Waals surface area contributed by atoms with Crippen LogP contribution in [0.3, 0.4) is 0 Å². The maximum Gasteiger partial charge on any atom is 0.144 e. The SMILES string of the molecule is NCC1(c2c(O)ccc(Br)c2F)CC1. The number of nitrogens with two attached hydrogens (primary N) is 1. The number of phenolic OH excluding ortho intramolecular Hbond substituents is 1. The van der Waals surface area contributed by atoms with Crippen LogP contribution in [-0.2, 0) is 5.41 Å². The van der Waals surface area contributed by atoms with Crippen LogP contribution in [0.25, 0.3) is 0 Å². The minimum Gasteiger partial charge on any atom is -0.508 e. The Kier molecular flexibility index (Phi) is 2.27. The van der Waals surface area contributed by atoms with Crippen LogP contribution in [0.4, 0.5) is 4.39 Å². The zero-order valence-electron chi connectivity index (χ0n) is 7.56. The highest BCUT2D eigenvalue weighted by Gasteiger charge is 2.46. The minimum atomic E-state index is -0.382. The highest BCUT2D eigenvalue weighted by atomic mass is 79.9. The summed E-state index contributed by atoms with van der Waals surface area (Å²) in [5.41, 5.74) is 5.64. The van der Waals surface area contributed by atoms with E-state index in [0.717, 1.165) is 12.8 Å². The Hall–Kier alpha value is -0.610. The summed E-state index contributed by atoms with van der Waals surface area (Å²) in [6.45, 7) is 0.383. The summed E-state index contributed by atoms with van der Waals surface area (Å²) in [6, 6.07) is 3.00. The van der Waals surface area contributed by atoms with E-state index in [1.807, 2.05) is 0 Å². The summed E-state index contributed by atoms with van der Waals surface area (Å²) in [5.74, 6) is -0.374. The standard InChI is InChI=1S/C10H11BrFNO/c11-6-1-2-7(14)8(9(6)12)10(5-13)3-4-10/h1-2,14H,3-5,13H2. The highest BCUT2D eigenvalue weighted by molar-refractivity contribution is 9.10. The van der Waals surface area contributed by atoms with Crippen molar-refractivity contribution in [3.05, 3.63) is 28.0 Å². The molecule has 3 N–H and O–H groups in total. The quantitative estimate of drug-likeness (QED) is 0.856. The van der Waals surface area contributed by atoms with E-state index in [9.17, 15) is 9.50 Å². The first kappa shape index (κ1) is 9.93. The smallest absolute Gasteiger partial charge is 0.144 e. The van der Waals surface area contributed by atoms with Crippen LogP contribution in [0.2, 0.25) is 0 Å². The van der Waals surface area contributed by atoms with Crippen molar-refractivity contribution in [3.8, 4) is 5.75 Å². The van der Waals surface area contributed by atoms with E-state index in [-0.39, 0.29) is 17.0 Å². The molecule has 4 heteroatoms. The van der Waals surface area contributed by atoms with Gasteiger partial charge < -0.3 is 10.8 Å². The molecule has 1 aliphatic carbocycles. The fourth-order valence-corrected chi connectivity index (χ4v) is 2.08. The Morgan fingerprint density at radius 2 is 2.14 bits per heavy atom. The summed E-state index contributed by atoms with van der Waals surface area (Å²) in [6.07, 6.45) is 1.70. The minimum absolute atomic E-state index is 0.00801. The molecular formula is C10H11BrFNO. The Labute approximate surface area is 90.1 Å². The maximum absolute atomic E-state index is 13.7. The molecule has 0 spiro atoms. The van der Waals surface area contributed by atoms with Gasteiger partial charge in [-0.05, 0) is 40.9 Å². The third-order valence-electron chi connectivity index (χ3n) is 2.85. The van der Waals surface area contributed by atoms with E-state index in [1.165, 1.54) is 12.1 Å². The molecular weight excluding hydrogens is 249 g/mol. The molecule has 0 saturated heterocycles. The summed E-state index contributed by atoms with van der Waals surface area (Å²) < 4.78 is 14.1. The van der Waals surface area contributed by atoms with Crippen LogP contribution in [0, 0.1) is 5.82 Å². The highest BCUT2D eigenvalue weighted by Crippen LogP contribution is 2.52. The number of halogens is 2. The van der Waals surface area contributed by atoms with E-state index < -0.39 is 0 Å². The van der Waals surface area contributed by atoms with Gasteiger partial charge in [-0.2, -0.15) is 0 Å².